The molecule has 4 nitrogen and oxygen atoms in total. The molecule has 0 atom stereocenters. The molecule has 3 aromatic rings. The van der Waals surface area contributed by atoms with Crippen LogP contribution in [0.3, 0.4) is 0 Å². The number of carbonyl (C=O) groups is 2. The Balaban J connectivity index is 1.67. The largest absolute Gasteiger partial charge is 0.454 e. The van der Waals surface area contributed by atoms with Gasteiger partial charge in [-0.3, -0.25) is 4.79 Å². The lowest BCUT2D eigenvalue weighted by molar-refractivity contribution is 0.0475. The lowest BCUT2D eigenvalue weighted by Gasteiger charge is -2.06. The summed E-state index contributed by atoms with van der Waals surface area (Å²) in [6, 6.07) is 15.7. The van der Waals surface area contributed by atoms with E-state index in [1.165, 1.54) is 0 Å². The molecule has 0 aliphatic heterocycles. The first kappa shape index (κ1) is 17.1. The maximum Gasteiger partial charge on any atom is 0.338 e. The van der Waals surface area contributed by atoms with E-state index in [9.17, 15) is 9.59 Å². The minimum Gasteiger partial charge on any atom is -0.454 e. The van der Waals surface area contributed by atoms with Gasteiger partial charge in [-0.2, -0.15) is 0 Å². The monoisotopic (exact) mass is 353 g/mol. The summed E-state index contributed by atoms with van der Waals surface area (Å²) in [5.41, 5.74) is 2.74. The number of carbonyl (C=O) groups excluding carboxylic acids is 2. The second-order valence-electron chi connectivity index (χ2n) is 5.59. The molecule has 5 heteroatoms. The minimum absolute atomic E-state index is 0.231. The number of Topliss-reactive ketones (excluding diaryl/α,β-unsaturated/α-hetero) is 1. The molecular formula is C20H16ClNO3. The fourth-order valence-corrected chi connectivity index (χ4v) is 2.61. The highest BCUT2D eigenvalue weighted by Gasteiger charge is 2.12. The van der Waals surface area contributed by atoms with Gasteiger partial charge in [0.15, 0.2) is 12.4 Å². The van der Waals surface area contributed by atoms with E-state index in [1.807, 2.05) is 19.1 Å². The molecule has 0 aliphatic carbocycles. The molecule has 0 spiro atoms. The van der Waals surface area contributed by atoms with Crippen molar-refractivity contribution in [2.45, 2.75) is 13.3 Å². The lowest BCUT2D eigenvalue weighted by atomic mass is 10.1. The summed E-state index contributed by atoms with van der Waals surface area (Å²) >= 11 is 5.84. The van der Waals surface area contributed by atoms with Crippen LogP contribution in [0.25, 0.3) is 10.9 Å². The molecule has 0 bridgehead atoms. The van der Waals surface area contributed by atoms with Crippen molar-refractivity contribution < 1.29 is 14.3 Å². The molecule has 25 heavy (non-hydrogen) atoms. The summed E-state index contributed by atoms with van der Waals surface area (Å²) < 4.78 is 5.14. The van der Waals surface area contributed by atoms with Gasteiger partial charge < -0.3 is 4.74 Å². The smallest absolute Gasteiger partial charge is 0.338 e. The minimum atomic E-state index is -0.546. The van der Waals surface area contributed by atoms with E-state index in [-0.39, 0.29) is 12.4 Å². The SMILES string of the molecule is CCc1ccc(C(=O)COC(=O)c2ccc3nc(Cl)ccc3c2)cc1. The van der Waals surface area contributed by atoms with Crippen LogP contribution >= 0.6 is 11.6 Å². The van der Waals surface area contributed by atoms with Crippen LogP contribution in [0.15, 0.2) is 54.6 Å². The molecule has 1 aromatic heterocycles. The van der Waals surface area contributed by atoms with Crippen molar-refractivity contribution in [1.82, 2.24) is 4.98 Å². The Kier molecular flexibility index (Phi) is 5.10. The third-order valence-corrected chi connectivity index (χ3v) is 4.12. The maximum atomic E-state index is 12.2. The predicted molar refractivity (Wildman–Crippen MR) is 97.2 cm³/mol. The van der Waals surface area contributed by atoms with E-state index >= 15 is 0 Å². The fourth-order valence-electron chi connectivity index (χ4n) is 2.45. The average molecular weight is 354 g/mol. The molecule has 0 N–H and O–H groups in total. The van der Waals surface area contributed by atoms with Crippen molar-refractivity contribution in [3.63, 3.8) is 0 Å². The molecule has 126 valence electrons. The van der Waals surface area contributed by atoms with Gasteiger partial charge in [0.05, 0.1) is 11.1 Å². The highest BCUT2D eigenvalue weighted by Crippen LogP contribution is 2.17. The first-order chi connectivity index (χ1) is 12.1. The van der Waals surface area contributed by atoms with E-state index in [4.69, 9.17) is 16.3 Å². The first-order valence-corrected chi connectivity index (χ1v) is 8.30. The molecule has 2 aromatic carbocycles. The number of rotatable bonds is 5. The fraction of sp³-hybridized carbons (Fsp3) is 0.150. The Morgan fingerprint density at radius 1 is 1.00 bits per heavy atom. The van der Waals surface area contributed by atoms with Gasteiger partial charge in [0.2, 0.25) is 0 Å². The number of benzene rings is 2. The van der Waals surface area contributed by atoms with Crippen LogP contribution in [0, 0.1) is 0 Å². The van der Waals surface area contributed by atoms with E-state index in [0.717, 1.165) is 17.4 Å². The summed E-state index contributed by atoms with van der Waals surface area (Å²) in [4.78, 5) is 28.5. The van der Waals surface area contributed by atoms with Crippen molar-refractivity contribution in [3.05, 3.63) is 76.4 Å². The Bertz CT molecular complexity index is 935. The molecule has 0 amide bonds. The number of esters is 1. The molecule has 0 aliphatic rings. The van der Waals surface area contributed by atoms with E-state index in [0.29, 0.717) is 21.8 Å². The van der Waals surface area contributed by atoms with Crippen LogP contribution in [0.1, 0.15) is 33.2 Å². The standard InChI is InChI=1S/C20H16ClNO3/c1-2-13-3-5-14(6-4-13)18(23)12-25-20(24)16-7-9-17-15(11-16)8-10-19(21)22-17/h3-11H,2,12H2,1H3. The molecule has 0 radical (unpaired) electrons. The van der Waals surface area contributed by atoms with Crippen LogP contribution in [0.2, 0.25) is 5.15 Å². The van der Waals surface area contributed by atoms with Crippen molar-refractivity contribution in [2.75, 3.05) is 6.61 Å². The van der Waals surface area contributed by atoms with Crippen LogP contribution in [-0.4, -0.2) is 23.3 Å². The third-order valence-electron chi connectivity index (χ3n) is 3.91. The van der Waals surface area contributed by atoms with Gasteiger partial charge in [0, 0.05) is 10.9 Å². The molecule has 0 fully saturated rings. The highest BCUT2D eigenvalue weighted by molar-refractivity contribution is 6.29. The van der Waals surface area contributed by atoms with Crippen LogP contribution in [-0.2, 0) is 11.2 Å². The van der Waals surface area contributed by atoms with Gasteiger partial charge in [-0.25, -0.2) is 9.78 Å². The van der Waals surface area contributed by atoms with Crippen molar-refractivity contribution in [2.24, 2.45) is 0 Å². The van der Waals surface area contributed by atoms with Crippen LogP contribution in [0.4, 0.5) is 0 Å². The number of pyridine rings is 1. The molecule has 3 rings (SSSR count). The second kappa shape index (κ2) is 7.45. The number of fused-ring (bicyclic) bond motifs is 1. The van der Waals surface area contributed by atoms with Gasteiger partial charge in [-0.15, -0.1) is 0 Å². The number of nitrogens with zero attached hydrogens (tertiary/aromatic N) is 1. The van der Waals surface area contributed by atoms with Crippen molar-refractivity contribution in [1.29, 1.82) is 0 Å². The zero-order valence-corrected chi connectivity index (χ0v) is 14.4. The van der Waals surface area contributed by atoms with Crippen LogP contribution < -0.4 is 0 Å². The summed E-state index contributed by atoms with van der Waals surface area (Å²) in [5.74, 6) is -0.777. The average Bonchev–Trinajstić information content (AvgIpc) is 2.65. The number of aryl methyl sites for hydroxylation is 1. The normalized spacial score (nSPS) is 10.6. The molecule has 0 unspecified atom stereocenters. The number of ether oxygens (including phenoxy) is 1. The van der Waals surface area contributed by atoms with E-state index in [2.05, 4.69) is 4.98 Å². The summed E-state index contributed by atoms with van der Waals surface area (Å²) in [6.45, 7) is 1.76. The molecule has 0 saturated carbocycles. The molecule has 1 heterocycles. The third kappa shape index (κ3) is 4.03. The van der Waals surface area contributed by atoms with E-state index < -0.39 is 5.97 Å². The Morgan fingerprint density at radius 2 is 1.72 bits per heavy atom. The first-order valence-electron chi connectivity index (χ1n) is 7.92. The number of hydrogen-bond donors (Lipinski definition) is 0. The van der Waals surface area contributed by atoms with Crippen molar-refractivity contribution >= 4 is 34.3 Å². The highest BCUT2D eigenvalue weighted by atomic mass is 35.5. The molecule has 0 saturated heterocycles. The summed E-state index contributed by atoms with van der Waals surface area (Å²) in [7, 11) is 0. The Labute approximate surface area is 150 Å². The van der Waals surface area contributed by atoms with Gasteiger partial charge in [0.1, 0.15) is 5.15 Å². The number of ketones is 1. The summed E-state index contributed by atoms with van der Waals surface area (Å²) in [6.07, 6.45) is 0.908. The number of halogens is 1. The molecular weight excluding hydrogens is 338 g/mol. The summed E-state index contributed by atoms with van der Waals surface area (Å²) in [5, 5.41) is 1.17. The zero-order valence-electron chi connectivity index (χ0n) is 13.7. The quantitative estimate of drug-likeness (QED) is 0.385. The Morgan fingerprint density at radius 3 is 2.44 bits per heavy atom. The lowest BCUT2D eigenvalue weighted by Crippen LogP contribution is -2.14. The Hall–Kier alpha value is -2.72. The van der Waals surface area contributed by atoms with Gasteiger partial charge in [-0.05, 0) is 42.3 Å². The topological polar surface area (TPSA) is 56.3 Å². The van der Waals surface area contributed by atoms with Crippen molar-refractivity contribution in [3.8, 4) is 0 Å². The predicted octanol–water partition coefficient (Wildman–Crippen LogP) is 4.49. The zero-order chi connectivity index (χ0) is 17.8. The van der Waals surface area contributed by atoms with Crippen LogP contribution in [0.5, 0.6) is 0 Å². The second-order valence-corrected chi connectivity index (χ2v) is 5.98. The maximum absolute atomic E-state index is 12.2. The number of aromatic nitrogens is 1. The van der Waals surface area contributed by atoms with E-state index in [1.54, 1.807) is 42.5 Å². The van der Waals surface area contributed by atoms with Gasteiger partial charge in [-0.1, -0.05) is 42.8 Å². The number of hydrogen-bond acceptors (Lipinski definition) is 4. The van der Waals surface area contributed by atoms with Gasteiger partial charge in [0.25, 0.3) is 0 Å². The van der Waals surface area contributed by atoms with Gasteiger partial charge >= 0.3 is 5.97 Å².